The molecule has 1 aliphatic heterocycles. The van der Waals surface area contributed by atoms with Crippen LogP contribution in [0.5, 0.6) is 11.6 Å². The fourth-order valence-corrected chi connectivity index (χ4v) is 5.05. The minimum Gasteiger partial charge on any atom is -0.482 e. The third-order valence-corrected chi connectivity index (χ3v) is 7.36. The maximum absolute atomic E-state index is 14.2. The van der Waals surface area contributed by atoms with Crippen LogP contribution in [0.25, 0.3) is 11.0 Å². The highest BCUT2D eigenvalue weighted by molar-refractivity contribution is 5.95. The lowest BCUT2D eigenvalue weighted by molar-refractivity contribution is -0.153. The average molecular weight is 598 g/mol. The second-order valence-corrected chi connectivity index (χ2v) is 10.3. The van der Waals surface area contributed by atoms with Crippen LogP contribution in [0.3, 0.4) is 0 Å². The van der Waals surface area contributed by atoms with Crippen LogP contribution in [-0.2, 0) is 20.2 Å². The number of halogens is 4. The number of aromatic nitrogens is 3. The number of imidazole rings is 1. The molecule has 1 aliphatic rings. The number of fused-ring (bicyclic) bond motifs is 1. The van der Waals surface area contributed by atoms with Gasteiger partial charge in [0, 0.05) is 30.3 Å². The largest absolute Gasteiger partial charge is 0.482 e. The third kappa shape index (κ3) is 7.03. The van der Waals surface area contributed by atoms with E-state index in [2.05, 4.69) is 14.9 Å². The molecule has 0 spiro atoms. The van der Waals surface area contributed by atoms with E-state index in [9.17, 15) is 27.5 Å². The zero-order valence-corrected chi connectivity index (χ0v) is 23.1. The molecule has 2 aromatic heterocycles. The highest BCUT2D eigenvalue weighted by Crippen LogP contribution is 2.32. The Kier molecular flexibility index (Phi) is 8.50. The molecule has 1 N–H and O–H groups in total. The number of carbonyl (C=O) groups is 1. The van der Waals surface area contributed by atoms with E-state index in [1.54, 1.807) is 17.7 Å². The first kappa shape index (κ1) is 29.8. The van der Waals surface area contributed by atoms with E-state index in [0.717, 1.165) is 30.7 Å². The van der Waals surface area contributed by atoms with Crippen LogP contribution in [0.1, 0.15) is 51.8 Å². The molecule has 3 heterocycles. The first-order valence-corrected chi connectivity index (χ1v) is 13.4. The maximum Gasteiger partial charge on any atom is 0.422 e. The number of carboxylic acid groups (broad SMARTS) is 1. The van der Waals surface area contributed by atoms with Gasteiger partial charge in [-0.2, -0.15) is 18.4 Å². The molecule has 43 heavy (non-hydrogen) atoms. The second kappa shape index (κ2) is 12.3. The van der Waals surface area contributed by atoms with Crippen molar-refractivity contribution in [3.63, 3.8) is 0 Å². The Labute approximate surface area is 243 Å². The molecule has 4 aromatic rings. The Morgan fingerprint density at radius 2 is 1.88 bits per heavy atom. The molecular weight excluding hydrogens is 570 g/mol. The van der Waals surface area contributed by atoms with E-state index in [4.69, 9.17) is 14.7 Å². The SMILES string of the molecule is Cn1c(CN2CCC(c3cccc(OCc4ccc(C#N)cc4F)n3)CC2)nc2c(OCC(F)(F)F)cc(C(=O)O)cc21. The molecule has 2 aromatic carbocycles. The molecule has 5 rings (SSSR count). The van der Waals surface area contributed by atoms with E-state index in [-0.39, 0.29) is 34.9 Å². The number of hydrogen-bond donors (Lipinski definition) is 1. The minimum atomic E-state index is -4.59. The number of benzene rings is 2. The van der Waals surface area contributed by atoms with Gasteiger partial charge < -0.3 is 19.1 Å². The van der Waals surface area contributed by atoms with Gasteiger partial charge >= 0.3 is 12.1 Å². The molecule has 0 saturated carbocycles. The summed E-state index contributed by atoms with van der Waals surface area (Å²) in [5, 5.41) is 18.4. The first-order valence-electron chi connectivity index (χ1n) is 13.4. The fourth-order valence-electron chi connectivity index (χ4n) is 5.05. The summed E-state index contributed by atoms with van der Waals surface area (Å²) < 4.78 is 65.0. The third-order valence-electron chi connectivity index (χ3n) is 7.36. The van der Waals surface area contributed by atoms with Gasteiger partial charge in [-0.05, 0) is 56.3 Å². The molecule has 224 valence electrons. The standard InChI is InChI=1S/C30H27F4N5O4/c1-38-24-12-21(29(40)41)13-25(43-17-30(32,33)34)28(24)37-26(38)15-39-9-7-19(8-10-39)23-3-2-4-27(36-23)42-16-20-6-5-18(14-35)11-22(20)31/h2-6,11-13,19H,7-10,15-17H2,1H3,(H,40,41). The fraction of sp³-hybridized carbons (Fsp3) is 0.333. The van der Waals surface area contributed by atoms with Gasteiger partial charge in [0.15, 0.2) is 6.61 Å². The molecule has 0 unspecified atom stereocenters. The number of hydrogen-bond acceptors (Lipinski definition) is 7. The second-order valence-electron chi connectivity index (χ2n) is 10.3. The number of likely N-dealkylation sites (tertiary alicyclic amines) is 1. The number of nitriles is 1. The maximum atomic E-state index is 14.2. The molecule has 0 amide bonds. The van der Waals surface area contributed by atoms with Gasteiger partial charge in [0.2, 0.25) is 5.88 Å². The lowest BCUT2D eigenvalue weighted by Gasteiger charge is -2.31. The van der Waals surface area contributed by atoms with Crippen molar-refractivity contribution in [2.24, 2.45) is 7.05 Å². The van der Waals surface area contributed by atoms with E-state index < -0.39 is 24.6 Å². The zero-order chi connectivity index (χ0) is 30.7. The Hall–Kier alpha value is -4.70. The smallest absolute Gasteiger partial charge is 0.422 e. The van der Waals surface area contributed by atoms with Crippen molar-refractivity contribution in [3.8, 4) is 17.7 Å². The Bertz CT molecular complexity index is 1690. The van der Waals surface area contributed by atoms with Crippen molar-refractivity contribution in [2.45, 2.75) is 38.1 Å². The number of carboxylic acids is 1. The van der Waals surface area contributed by atoms with Crippen LogP contribution in [0.4, 0.5) is 17.6 Å². The zero-order valence-electron chi connectivity index (χ0n) is 23.1. The summed E-state index contributed by atoms with van der Waals surface area (Å²) in [7, 11) is 1.69. The normalized spacial score (nSPS) is 14.5. The summed E-state index contributed by atoms with van der Waals surface area (Å²) in [6, 6.07) is 14.0. The molecule has 13 heteroatoms. The Morgan fingerprint density at radius 1 is 1.12 bits per heavy atom. The predicted molar refractivity (Wildman–Crippen MR) is 146 cm³/mol. The summed E-state index contributed by atoms with van der Waals surface area (Å²) in [5.41, 5.74) is 1.75. The van der Waals surface area contributed by atoms with Crippen molar-refractivity contribution in [1.82, 2.24) is 19.4 Å². The van der Waals surface area contributed by atoms with Crippen LogP contribution in [0.15, 0.2) is 48.5 Å². The van der Waals surface area contributed by atoms with E-state index in [0.29, 0.717) is 42.4 Å². The van der Waals surface area contributed by atoms with Gasteiger partial charge in [0.1, 0.15) is 29.5 Å². The number of aryl methyl sites for hydroxylation is 1. The van der Waals surface area contributed by atoms with E-state index in [1.807, 2.05) is 18.2 Å². The van der Waals surface area contributed by atoms with E-state index in [1.165, 1.54) is 18.2 Å². The molecule has 0 radical (unpaired) electrons. The van der Waals surface area contributed by atoms with Crippen LogP contribution in [0, 0.1) is 17.1 Å². The molecule has 9 nitrogen and oxygen atoms in total. The number of ether oxygens (including phenoxy) is 2. The highest BCUT2D eigenvalue weighted by Gasteiger charge is 2.30. The Morgan fingerprint density at radius 3 is 2.56 bits per heavy atom. The molecule has 0 bridgehead atoms. The topological polar surface area (TPSA) is 114 Å². The van der Waals surface area contributed by atoms with E-state index >= 15 is 0 Å². The first-order chi connectivity index (χ1) is 20.5. The summed E-state index contributed by atoms with van der Waals surface area (Å²) in [6.07, 6.45) is -3.02. The quantitative estimate of drug-likeness (QED) is 0.249. The summed E-state index contributed by atoms with van der Waals surface area (Å²) in [5.74, 6) is -0.942. The van der Waals surface area contributed by atoms with Crippen LogP contribution >= 0.6 is 0 Å². The van der Waals surface area contributed by atoms with Gasteiger partial charge in [0.25, 0.3) is 0 Å². The number of pyridine rings is 1. The monoisotopic (exact) mass is 597 g/mol. The van der Waals surface area contributed by atoms with Gasteiger partial charge in [-0.25, -0.2) is 19.2 Å². The summed E-state index contributed by atoms with van der Waals surface area (Å²) >= 11 is 0. The molecule has 1 saturated heterocycles. The number of nitrogens with zero attached hydrogens (tertiary/aromatic N) is 5. The van der Waals surface area contributed by atoms with Gasteiger partial charge in [-0.15, -0.1) is 0 Å². The molecular formula is C30H27F4N5O4. The van der Waals surface area contributed by atoms with Crippen LogP contribution < -0.4 is 9.47 Å². The van der Waals surface area contributed by atoms with Gasteiger partial charge in [0.05, 0.1) is 29.3 Å². The van der Waals surface area contributed by atoms with Crippen molar-refractivity contribution < 1.29 is 36.9 Å². The lowest BCUT2D eigenvalue weighted by atomic mass is 9.93. The Balaban J connectivity index is 1.23. The predicted octanol–water partition coefficient (Wildman–Crippen LogP) is 5.58. The van der Waals surface area contributed by atoms with Crippen molar-refractivity contribution in [2.75, 3.05) is 19.7 Å². The summed E-state index contributed by atoms with van der Waals surface area (Å²) in [4.78, 5) is 22.9. The molecule has 1 fully saturated rings. The van der Waals surface area contributed by atoms with Crippen molar-refractivity contribution in [3.05, 3.63) is 82.6 Å². The number of aromatic carboxylic acids is 1. The minimum absolute atomic E-state index is 0.0264. The highest BCUT2D eigenvalue weighted by atomic mass is 19.4. The van der Waals surface area contributed by atoms with Crippen molar-refractivity contribution >= 4 is 17.0 Å². The van der Waals surface area contributed by atoms with Gasteiger partial charge in [-0.1, -0.05) is 12.1 Å². The molecule has 0 aliphatic carbocycles. The van der Waals surface area contributed by atoms with Crippen LogP contribution in [-0.4, -0.2) is 56.4 Å². The summed E-state index contributed by atoms with van der Waals surface area (Å²) in [6.45, 7) is 0.230. The average Bonchev–Trinajstić information content (AvgIpc) is 3.30. The number of piperidine rings is 1. The van der Waals surface area contributed by atoms with Crippen molar-refractivity contribution in [1.29, 1.82) is 5.26 Å². The molecule has 0 atom stereocenters. The number of rotatable bonds is 9. The lowest BCUT2D eigenvalue weighted by Crippen LogP contribution is -2.33. The number of alkyl halides is 3. The van der Waals surface area contributed by atoms with Gasteiger partial charge in [-0.3, -0.25) is 4.90 Å². The van der Waals surface area contributed by atoms with Crippen LogP contribution in [0.2, 0.25) is 0 Å².